The molecule has 0 aromatic heterocycles. The van der Waals surface area contributed by atoms with Crippen molar-refractivity contribution in [2.75, 3.05) is 39.5 Å². The molecular weight excluding hydrogens is 498 g/mol. The Balaban J connectivity index is 1.40. The predicted octanol–water partition coefficient (Wildman–Crippen LogP) is 1.54. The molecule has 2 aliphatic rings. The number of hydrogen-bond acceptors (Lipinski definition) is 7. The maximum Gasteiger partial charge on any atom is 0.260 e. The molecule has 1 fully saturated rings. The first-order chi connectivity index (χ1) is 17.7. The summed E-state index contributed by atoms with van der Waals surface area (Å²) >= 11 is 0. The molecule has 3 N–H and O–H groups in total. The van der Waals surface area contributed by atoms with Crippen LogP contribution in [0.2, 0.25) is 0 Å². The van der Waals surface area contributed by atoms with Crippen molar-refractivity contribution in [3.8, 4) is 11.5 Å². The first kappa shape index (κ1) is 26.9. The van der Waals surface area contributed by atoms with Crippen molar-refractivity contribution in [2.24, 2.45) is 5.14 Å². The summed E-state index contributed by atoms with van der Waals surface area (Å²) in [5.74, 6) is 0.687. The van der Waals surface area contributed by atoms with Crippen molar-refractivity contribution >= 4 is 21.8 Å². The number of sulfonamides is 1. The van der Waals surface area contributed by atoms with Crippen molar-refractivity contribution in [1.29, 1.82) is 0 Å². The van der Waals surface area contributed by atoms with Crippen LogP contribution in [0.25, 0.3) is 0 Å². The van der Waals surface area contributed by atoms with Gasteiger partial charge in [-0.15, -0.1) is 0 Å². The number of para-hydroxylation sites is 1. The molecule has 0 radical (unpaired) electrons. The van der Waals surface area contributed by atoms with E-state index >= 15 is 0 Å². The minimum atomic E-state index is -3.83. The van der Waals surface area contributed by atoms with Gasteiger partial charge in [0.15, 0.2) is 12.2 Å². The lowest BCUT2D eigenvalue weighted by atomic mass is 9.91. The molecule has 0 saturated carbocycles. The van der Waals surface area contributed by atoms with Crippen LogP contribution < -0.4 is 19.9 Å². The molecule has 2 aliphatic heterocycles. The normalized spacial score (nSPS) is 21.1. The lowest BCUT2D eigenvalue weighted by molar-refractivity contribution is -0.168. The minimum Gasteiger partial charge on any atom is -0.491 e. The van der Waals surface area contributed by atoms with Gasteiger partial charge in [0, 0.05) is 6.54 Å². The van der Waals surface area contributed by atoms with Gasteiger partial charge in [-0.3, -0.25) is 9.59 Å². The molecule has 37 heavy (non-hydrogen) atoms. The van der Waals surface area contributed by atoms with Gasteiger partial charge in [-0.1, -0.05) is 18.2 Å². The number of nitrogens with two attached hydrogens (primary N) is 1. The van der Waals surface area contributed by atoms with Crippen molar-refractivity contribution in [2.45, 2.75) is 43.1 Å². The summed E-state index contributed by atoms with van der Waals surface area (Å²) in [5, 5.41) is 8.09. The number of amides is 2. The standard InChI is InChI=1S/C26H33N3O7S/c1-19-16-21(37(27,32)33)9-10-22(19)35-17-24(30)29-13-15-36-26(18-29)11-5-4-7-20-6-2-3-8-23(20)34-14-12-28-25(26)31/h2-3,6,8-10,16H,4-5,7,11-15,17-18H2,1H3,(H,28,31)(H2,27,32,33). The number of primary sulfonamides is 1. The van der Waals surface area contributed by atoms with E-state index in [4.69, 9.17) is 19.3 Å². The fraction of sp³-hybridized carbons (Fsp3) is 0.462. The summed E-state index contributed by atoms with van der Waals surface area (Å²) in [6.45, 7) is 2.79. The molecule has 0 aliphatic carbocycles. The number of rotatable bonds is 4. The van der Waals surface area contributed by atoms with Crippen LogP contribution in [0.4, 0.5) is 0 Å². The number of aryl methyl sites for hydroxylation is 2. The highest BCUT2D eigenvalue weighted by Crippen LogP contribution is 2.28. The Morgan fingerprint density at radius 3 is 2.78 bits per heavy atom. The minimum absolute atomic E-state index is 0.0267. The molecule has 0 bridgehead atoms. The quantitative estimate of drug-likeness (QED) is 0.611. The van der Waals surface area contributed by atoms with Crippen LogP contribution in [0.5, 0.6) is 11.5 Å². The van der Waals surface area contributed by atoms with Crippen LogP contribution in [0.1, 0.15) is 30.4 Å². The molecule has 1 atom stereocenters. The molecule has 4 rings (SSSR count). The van der Waals surface area contributed by atoms with Crippen LogP contribution in [0, 0.1) is 6.92 Å². The molecule has 10 nitrogen and oxygen atoms in total. The largest absolute Gasteiger partial charge is 0.491 e. The van der Waals surface area contributed by atoms with E-state index in [-0.39, 0.29) is 36.5 Å². The van der Waals surface area contributed by atoms with Gasteiger partial charge in [-0.25, -0.2) is 13.6 Å². The Morgan fingerprint density at radius 2 is 2.00 bits per heavy atom. The maximum atomic E-state index is 13.2. The van der Waals surface area contributed by atoms with E-state index in [0.717, 1.165) is 30.6 Å². The summed E-state index contributed by atoms with van der Waals surface area (Å²) in [7, 11) is -3.83. The van der Waals surface area contributed by atoms with Gasteiger partial charge in [-0.2, -0.15) is 0 Å². The molecule has 11 heteroatoms. The average Bonchev–Trinajstić information content (AvgIpc) is 2.87. The molecule has 2 amide bonds. The molecule has 2 heterocycles. The van der Waals surface area contributed by atoms with Gasteiger partial charge in [0.2, 0.25) is 10.0 Å². The van der Waals surface area contributed by atoms with Crippen LogP contribution in [0.15, 0.2) is 47.4 Å². The van der Waals surface area contributed by atoms with Gasteiger partial charge in [0.05, 0.1) is 24.6 Å². The number of nitrogens with zero attached hydrogens (tertiary/aromatic N) is 1. The third-order valence-corrected chi connectivity index (χ3v) is 7.58. The van der Waals surface area contributed by atoms with E-state index in [1.807, 2.05) is 18.2 Å². The third kappa shape index (κ3) is 6.60. The number of fused-ring (bicyclic) bond motifs is 1. The zero-order valence-corrected chi connectivity index (χ0v) is 21.7. The van der Waals surface area contributed by atoms with Crippen molar-refractivity contribution in [3.05, 3.63) is 53.6 Å². The summed E-state index contributed by atoms with van der Waals surface area (Å²) < 4.78 is 40.7. The fourth-order valence-electron chi connectivity index (χ4n) is 4.65. The smallest absolute Gasteiger partial charge is 0.260 e. The Labute approximate surface area is 217 Å². The third-order valence-electron chi connectivity index (χ3n) is 6.67. The Kier molecular flexibility index (Phi) is 8.35. The number of carbonyl (C=O) groups excluding carboxylic acids is 2. The fourth-order valence-corrected chi connectivity index (χ4v) is 5.25. The van der Waals surface area contributed by atoms with E-state index in [9.17, 15) is 18.0 Å². The summed E-state index contributed by atoms with van der Waals surface area (Å²) in [6, 6.07) is 12.1. The monoisotopic (exact) mass is 531 g/mol. The highest BCUT2D eigenvalue weighted by molar-refractivity contribution is 7.89. The second-order valence-corrected chi connectivity index (χ2v) is 10.9. The van der Waals surface area contributed by atoms with Gasteiger partial charge >= 0.3 is 0 Å². The van der Waals surface area contributed by atoms with Gasteiger partial charge < -0.3 is 24.4 Å². The highest BCUT2D eigenvalue weighted by atomic mass is 32.2. The summed E-state index contributed by atoms with van der Waals surface area (Å²) in [4.78, 5) is 27.8. The Bertz CT molecular complexity index is 1250. The Morgan fingerprint density at radius 1 is 1.19 bits per heavy atom. The second-order valence-electron chi connectivity index (χ2n) is 9.34. The number of nitrogens with one attached hydrogen (secondary N) is 1. The van der Waals surface area contributed by atoms with E-state index < -0.39 is 15.6 Å². The summed E-state index contributed by atoms with van der Waals surface area (Å²) in [6.07, 6.45) is 2.91. The molecule has 1 spiro atoms. The predicted molar refractivity (Wildman–Crippen MR) is 136 cm³/mol. The molecular formula is C26H33N3O7S. The molecule has 200 valence electrons. The van der Waals surface area contributed by atoms with Crippen LogP contribution >= 0.6 is 0 Å². The van der Waals surface area contributed by atoms with Crippen LogP contribution in [-0.4, -0.2) is 70.2 Å². The molecule has 1 saturated heterocycles. The first-order valence-electron chi connectivity index (χ1n) is 12.3. The highest BCUT2D eigenvalue weighted by Gasteiger charge is 2.44. The molecule has 2 aromatic rings. The van der Waals surface area contributed by atoms with E-state index in [2.05, 4.69) is 11.4 Å². The first-order valence-corrected chi connectivity index (χ1v) is 13.9. The zero-order valence-electron chi connectivity index (χ0n) is 20.9. The lowest BCUT2D eigenvalue weighted by Crippen LogP contribution is -2.61. The van der Waals surface area contributed by atoms with E-state index in [0.29, 0.717) is 37.4 Å². The average molecular weight is 532 g/mol. The molecule has 2 aromatic carbocycles. The van der Waals surface area contributed by atoms with Crippen molar-refractivity contribution in [3.63, 3.8) is 0 Å². The van der Waals surface area contributed by atoms with Crippen molar-refractivity contribution in [1.82, 2.24) is 10.2 Å². The second kappa shape index (κ2) is 11.5. The number of carbonyl (C=O) groups is 2. The topological polar surface area (TPSA) is 137 Å². The van der Waals surface area contributed by atoms with Crippen LogP contribution in [-0.2, 0) is 30.8 Å². The summed E-state index contributed by atoms with van der Waals surface area (Å²) in [5.41, 5.74) is 0.536. The van der Waals surface area contributed by atoms with E-state index in [1.54, 1.807) is 11.8 Å². The SMILES string of the molecule is Cc1cc(S(N)(=O)=O)ccc1OCC(=O)N1CCOC2(CCCCc3ccccc3OCCNC2=O)C1. The maximum absolute atomic E-state index is 13.2. The zero-order chi connectivity index (χ0) is 26.5. The van der Waals surface area contributed by atoms with Crippen LogP contribution in [0.3, 0.4) is 0 Å². The Hall–Kier alpha value is -3.15. The van der Waals surface area contributed by atoms with Gasteiger partial charge in [-0.05, 0) is 68.0 Å². The lowest BCUT2D eigenvalue weighted by Gasteiger charge is -2.41. The van der Waals surface area contributed by atoms with Crippen molar-refractivity contribution < 1.29 is 32.2 Å². The molecule has 1 unspecified atom stereocenters. The van der Waals surface area contributed by atoms with Gasteiger partial charge in [0.25, 0.3) is 11.8 Å². The van der Waals surface area contributed by atoms with E-state index in [1.165, 1.54) is 18.2 Å². The number of hydrogen-bond donors (Lipinski definition) is 2. The number of benzene rings is 2. The number of ether oxygens (including phenoxy) is 3. The number of morpholine rings is 1. The van der Waals surface area contributed by atoms with Gasteiger partial charge in [0.1, 0.15) is 18.1 Å².